The third-order valence-electron chi connectivity index (χ3n) is 1.93. The second-order valence-electron chi connectivity index (χ2n) is 2.96. The van der Waals surface area contributed by atoms with Crippen LogP contribution in [0.5, 0.6) is 0 Å². The summed E-state index contributed by atoms with van der Waals surface area (Å²) in [6.07, 6.45) is 2.00. The van der Waals surface area contributed by atoms with E-state index in [-0.39, 0.29) is 18.8 Å². The molecular weight excluding hydrogens is 144 g/mol. The summed E-state index contributed by atoms with van der Waals surface area (Å²) < 4.78 is 10.7. The van der Waals surface area contributed by atoms with Crippen LogP contribution in [0.15, 0.2) is 0 Å². The summed E-state index contributed by atoms with van der Waals surface area (Å²) in [5.41, 5.74) is 0. The van der Waals surface area contributed by atoms with Crippen LogP contribution < -0.4 is 0 Å². The van der Waals surface area contributed by atoms with Gasteiger partial charge in [-0.3, -0.25) is 0 Å². The molecule has 0 aliphatic carbocycles. The zero-order valence-electron chi connectivity index (χ0n) is 7.12. The smallest absolute Gasteiger partial charge is 0.181 e. The molecule has 1 N–H and O–H groups in total. The van der Waals surface area contributed by atoms with Crippen LogP contribution in [0.2, 0.25) is 0 Å². The van der Waals surface area contributed by atoms with Crippen molar-refractivity contribution in [3.63, 3.8) is 0 Å². The maximum atomic E-state index is 8.77. The van der Waals surface area contributed by atoms with Crippen LogP contribution in [0.1, 0.15) is 26.7 Å². The molecule has 0 bridgehead atoms. The highest BCUT2D eigenvalue weighted by Gasteiger charge is 2.25. The van der Waals surface area contributed by atoms with Crippen LogP contribution in [0.3, 0.4) is 0 Å². The minimum absolute atomic E-state index is 0.0408. The predicted molar refractivity (Wildman–Crippen MR) is 41.2 cm³/mol. The highest BCUT2D eigenvalue weighted by molar-refractivity contribution is 4.67. The summed E-state index contributed by atoms with van der Waals surface area (Å²) in [4.78, 5) is 0. The average Bonchev–Trinajstić information content (AvgIpc) is 2.03. The zero-order valence-corrected chi connectivity index (χ0v) is 7.12. The maximum absolute atomic E-state index is 8.77. The predicted octanol–water partition coefficient (Wildman–Crippen LogP) is 0.909. The highest BCUT2D eigenvalue weighted by atomic mass is 16.7. The highest BCUT2D eigenvalue weighted by Crippen LogP contribution is 2.19. The van der Waals surface area contributed by atoms with Crippen LogP contribution in [-0.4, -0.2) is 30.2 Å². The molecule has 1 rings (SSSR count). The van der Waals surface area contributed by atoms with E-state index in [0.717, 1.165) is 12.8 Å². The zero-order chi connectivity index (χ0) is 8.27. The molecule has 0 spiro atoms. The van der Waals surface area contributed by atoms with Gasteiger partial charge in [0.1, 0.15) is 0 Å². The van der Waals surface area contributed by atoms with Crippen LogP contribution in [0, 0.1) is 0 Å². The quantitative estimate of drug-likeness (QED) is 0.652. The van der Waals surface area contributed by atoms with E-state index in [0.29, 0.717) is 0 Å². The fraction of sp³-hybridized carbons (Fsp3) is 1.00. The molecule has 1 saturated heterocycles. The lowest BCUT2D eigenvalue weighted by Crippen LogP contribution is -2.38. The maximum Gasteiger partial charge on any atom is 0.181 e. The molecule has 0 saturated carbocycles. The van der Waals surface area contributed by atoms with E-state index in [4.69, 9.17) is 14.6 Å². The number of ether oxygens (including phenoxy) is 2. The third-order valence-corrected chi connectivity index (χ3v) is 1.93. The minimum atomic E-state index is -0.399. The van der Waals surface area contributed by atoms with Crippen LogP contribution in [-0.2, 0) is 9.47 Å². The molecule has 3 unspecified atom stereocenters. The van der Waals surface area contributed by atoms with Gasteiger partial charge in [0.25, 0.3) is 0 Å². The first-order valence-electron chi connectivity index (χ1n) is 4.18. The molecule has 0 aromatic heterocycles. The van der Waals surface area contributed by atoms with Crippen molar-refractivity contribution >= 4 is 0 Å². The summed E-state index contributed by atoms with van der Waals surface area (Å²) in [6.45, 7) is 4.05. The van der Waals surface area contributed by atoms with Gasteiger partial charge in [0.2, 0.25) is 0 Å². The fourth-order valence-corrected chi connectivity index (χ4v) is 1.34. The van der Waals surface area contributed by atoms with E-state index in [9.17, 15) is 0 Å². The average molecular weight is 160 g/mol. The van der Waals surface area contributed by atoms with Gasteiger partial charge in [-0.1, -0.05) is 6.92 Å². The molecule has 0 aromatic rings. The van der Waals surface area contributed by atoms with Crippen molar-refractivity contribution in [2.75, 3.05) is 6.61 Å². The molecule has 3 heteroatoms. The van der Waals surface area contributed by atoms with Crippen molar-refractivity contribution in [3.05, 3.63) is 0 Å². The van der Waals surface area contributed by atoms with Crippen molar-refractivity contribution in [3.8, 4) is 0 Å². The lowest BCUT2D eigenvalue weighted by molar-refractivity contribution is -0.250. The standard InChI is InChI=1S/C8H16O3/c1-3-7-4-6(2)10-8(5-9)11-7/h6-9H,3-5H2,1-2H3. The van der Waals surface area contributed by atoms with E-state index < -0.39 is 6.29 Å². The summed E-state index contributed by atoms with van der Waals surface area (Å²) >= 11 is 0. The Morgan fingerprint density at radius 2 is 2.18 bits per heavy atom. The Balaban J connectivity index is 2.37. The van der Waals surface area contributed by atoms with Gasteiger partial charge in [-0.2, -0.15) is 0 Å². The van der Waals surface area contributed by atoms with E-state index in [1.54, 1.807) is 0 Å². The van der Waals surface area contributed by atoms with Crippen LogP contribution >= 0.6 is 0 Å². The van der Waals surface area contributed by atoms with Gasteiger partial charge < -0.3 is 14.6 Å². The SMILES string of the molecule is CCC1CC(C)OC(CO)O1. The molecule has 0 amide bonds. The first-order chi connectivity index (χ1) is 5.26. The van der Waals surface area contributed by atoms with Crippen molar-refractivity contribution in [1.29, 1.82) is 0 Å². The number of aliphatic hydroxyl groups excluding tert-OH is 1. The van der Waals surface area contributed by atoms with Gasteiger partial charge in [-0.15, -0.1) is 0 Å². The molecule has 1 aliphatic heterocycles. The van der Waals surface area contributed by atoms with E-state index in [1.807, 2.05) is 6.92 Å². The molecular formula is C8H16O3. The summed E-state index contributed by atoms with van der Waals surface area (Å²) in [5.74, 6) is 0. The van der Waals surface area contributed by atoms with Crippen molar-refractivity contribution in [2.45, 2.75) is 45.2 Å². The molecule has 3 nitrogen and oxygen atoms in total. The van der Waals surface area contributed by atoms with Crippen molar-refractivity contribution in [2.24, 2.45) is 0 Å². The molecule has 0 aromatic carbocycles. The monoisotopic (exact) mass is 160 g/mol. The summed E-state index contributed by atoms with van der Waals surface area (Å²) in [5, 5.41) is 8.77. The first-order valence-corrected chi connectivity index (χ1v) is 4.18. The number of hydrogen-bond acceptors (Lipinski definition) is 3. The van der Waals surface area contributed by atoms with Gasteiger partial charge in [-0.25, -0.2) is 0 Å². The van der Waals surface area contributed by atoms with Crippen molar-refractivity contribution in [1.82, 2.24) is 0 Å². The number of hydrogen-bond donors (Lipinski definition) is 1. The van der Waals surface area contributed by atoms with E-state index in [1.165, 1.54) is 0 Å². The minimum Gasteiger partial charge on any atom is -0.391 e. The Kier molecular flexibility index (Phi) is 3.30. The van der Waals surface area contributed by atoms with Gasteiger partial charge >= 0.3 is 0 Å². The molecule has 1 fully saturated rings. The van der Waals surface area contributed by atoms with Crippen LogP contribution in [0.4, 0.5) is 0 Å². The van der Waals surface area contributed by atoms with E-state index >= 15 is 0 Å². The Morgan fingerprint density at radius 3 is 2.73 bits per heavy atom. The molecule has 1 aliphatic rings. The Labute approximate surface area is 67.3 Å². The third kappa shape index (κ3) is 2.43. The Morgan fingerprint density at radius 1 is 1.45 bits per heavy atom. The van der Waals surface area contributed by atoms with Gasteiger partial charge in [0.05, 0.1) is 18.8 Å². The van der Waals surface area contributed by atoms with Crippen molar-refractivity contribution < 1.29 is 14.6 Å². The second kappa shape index (κ2) is 4.04. The Bertz CT molecular complexity index is 104. The number of aliphatic hydroxyl groups is 1. The second-order valence-corrected chi connectivity index (χ2v) is 2.96. The molecule has 11 heavy (non-hydrogen) atoms. The normalized spacial score (nSPS) is 39.0. The lowest BCUT2D eigenvalue weighted by Gasteiger charge is -2.32. The summed E-state index contributed by atoms with van der Waals surface area (Å²) in [6, 6.07) is 0. The van der Waals surface area contributed by atoms with Crippen LogP contribution in [0.25, 0.3) is 0 Å². The van der Waals surface area contributed by atoms with Gasteiger partial charge in [0.15, 0.2) is 6.29 Å². The first kappa shape index (κ1) is 8.97. The topological polar surface area (TPSA) is 38.7 Å². The fourth-order valence-electron chi connectivity index (χ4n) is 1.34. The molecule has 66 valence electrons. The van der Waals surface area contributed by atoms with E-state index in [2.05, 4.69) is 6.92 Å². The lowest BCUT2D eigenvalue weighted by atomic mass is 10.1. The molecule has 1 heterocycles. The number of rotatable bonds is 2. The molecule has 0 radical (unpaired) electrons. The largest absolute Gasteiger partial charge is 0.391 e. The Hall–Kier alpha value is -0.120. The van der Waals surface area contributed by atoms with Gasteiger partial charge in [0, 0.05) is 0 Å². The van der Waals surface area contributed by atoms with Gasteiger partial charge in [-0.05, 0) is 19.8 Å². The summed E-state index contributed by atoms with van der Waals surface area (Å²) in [7, 11) is 0. The molecule has 3 atom stereocenters.